The largest absolute Gasteiger partial charge is 0.481 e. The molecule has 20 heavy (non-hydrogen) atoms. The molecule has 0 heterocycles. The Labute approximate surface area is 117 Å². The van der Waals surface area contributed by atoms with E-state index >= 15 is 0 Å². The first-order valence-electron chi connectivity index (χ1n) is 6.19. The molecule has 2 N–H and O–H groups in total. The maximum Gasteiger partial charge on any atom is 0.305 e. The molecule has 6 nitrogen and oxygen atoms in total. The molecule has 0 radical (unpaired) electrons. The van der Waals surface area contributed by atoms with E-state index in [9.17, 15) is 18.0 Å². The fourth-order valence-electron chi connectivity index (χ4n) is 1.59. The minimum absolute atomic E-state index is 0.0318. The van der Waals surface area contributed by atoms with E-state index in [1.165, 1.54) is 24.3 Å². The van der Waals surface area contributed by atoms with Gasteiger partial charge in [-0.1, -0.05) is 6.92 Å². The van der Waals surface area contributed by atoms with Crippen LogP contribution in [0.4, 0.5) is 0 Å². The number of nitrogens with one attached hydrogen (secondary N) is 1. The molecule has 0 saturated carbocycles. The first-order chi connectivity index (χ1) is 9.36. The summed E-state index contributed by atoms with van der Waals surface area (Å²) in [6.45, 7) is 1.81. The summed E-state index contributed by atoms with van der Waals surface area (Å²) < 4.78 is 23.6. The number of hydrogen-bond donors (Lipinski definition) is 2. The molecule has 0 atom stereocenters. The fraction of sp³-hybridized carbons (Fsp3) is 0.385. The average Bonchev–Trinajstić information content (AvgIpc) is 2.38. The van der Waals surface area contributed by atoms with E-state index in [2.05, 4.69) is 5.32 Å². The highest BCUT2D eigenvalue weighted by molar-refractivity contribution is 7.91. The molecule has 1 amide bonds. The monoisotopic (exact) mass is 299 g/mol. The van der Waals surface area contributed by atoms with Crippen LogP contribution in [-0.2, 0) is 14.6 Å². The van der Waals surface area contributed by atoms with Crippen LogP contribution in [0.5, 0.6) is 0 Å². The lowest BCUT2D eigenvalue weighted by atomic mass is 10.2. The predicted octanol–water partition coefficient (Wildman–Crippen LogP) is 1.07. The maximum absolute atomic E-state index is 11.8. The van der Waals surface area contributed by atoms with Crippen LogP contribution in [0.1, 0.15) is 30.1 Å². The summed E-state index contributed by atoms with van der Waals surface area (Å²) in [5.41, 5.74) is 0.297. The Bertz CT molecular complexity index is 577. The molecule has 0 saturated heterocycles. The molecule has 0 fully saturated rings. The highest BCUT2D eigenvalue weighted by Crippen LogP contribution is 2.13. The van der Waals surface area contributed by atoms with Crippen molar-refractivity contribution < 1.29 is 23.1 Å². The smallest absolute Gasteiger partial charge is 0.305 e. The fourth-order valence-corrected chi connectivity index (χ4v) is 2.91. The van der Waals surface area contributed by atoms with Crippen molar-refractivity contribution in [2.45, 2.75) is 24.7 Å². The highest BCUT2D eigenvalue weighted by atomic mass is 32.2. The molecular formula is C13H17NO5S. The van der Waals surface area contributed by atoms with E-state index in [1.807, 2.05) is 0 Å². The zero-order chi connectivity index (χ0) is 15.2. The molecule has 0 unspecified atom stereocenters. The Kier molecular flexibility index (Phi) is 5.69. The van der Waals surface area contributed by atoms with Gasteiger partial charge in [0.15, 0.2) is 9.84 Å². The Morgan fingerprint density at radius 2 is 1.80 bits per heavy atom. The van der Waals surface area contributed by atoms with Crippen LogP contribution in [0.15, 0.2) is 29.2 Å². The number of benzene rings is 1. The highest BCUT2D eigenvalue weighted by Gasteiger charge is 2.14. The van der Waals surface area contributed by atoms with Gasteiger partial charge >= 0.3 is 5.97 Å². The molecular weight excluding hydrogens is 282 g/mol. The van der Waals surface area contributed by atoms with Crippen molar-refractivity contribution in [2.75, 3.05) is 12.3 Å². The zero-order valence-electron chi connectivity index (χ0n) is 11.1. The second-order valence-corrected chi connectivity index (χ2v) is 6.35. The van der Waals surface area contributed by atoms with Gasteiger partial charge in [0, 0.05) is 12.1 Å². The van der Waals surface area contributed by atoms with Gasteiger partial charge in [0.1, 0.15) is 0 Å². The third kappa shape index (κ3) is 4.65. The lowest BCUT2D eigenvalue weighted by molar-refractivity contribution is -0.136. The Morgan fingerprint density at radius 1 is 1.20 bits per heavy atom. The number of carboxylic acid groups (broad SMARTS) is 1. The molecule has 0 bridgehead atoms. The van der Waals surface area contributed by atoms with Crippen LogP contribution in [0.2, 0.25) is 0 Å². The first-order valence-corrected chi connectivity index (χ1v) is 7.85. The van der Waals surface area contributed by atoms with E-state index < -0.39 is 21.7 Å². The Morgan fingerprint density at radius 3 is 2.30 bits per heavy atom. The van der Waals surface area contributed by atoms with Gasteiger partial charge < -0.3 is 10.4 Å². The molecule has 0 aromatic heterocycles. The second kappa shape index (κ2) is 7.04. The van der Waals surface area contributed by atoms with Crippen LogP contribution in [-0.4, -0.2) is 37.7 Å². The van der Waals surface area contributed by atoms with Crippen molar-refractivity contribution in [3.8, 4) is 0 Å². The van der Waals surface area contributed by atoms with Crippen molar-refractivity contribution in [3.05, 3.63) is 29.8 Å². The Hall–Kier alpha value is -1.89. The number of amides is 1. The number of rotatable bonds is 7. The van der Waals surface area contributed by atoms with Crippen molar-refractivity contribution >= 4 is 21.7 Å². The lowest BCUT2D eigenvalue weighted by Gasteiger charge is -2.06. The minimum atomic E-state index is -3.29. The van der Waals surface area contributed by atoms with Crippen LogP contribution in [0.3, 0.4) is 0 Å². The average molecular weight is 299 g/mol. The van der Waals surface area contributed by atoms with Gasteiger partial charge in [-0.05, 0) is 30.7 Å². The number of sulfone groups is 1. The standard InChI is InChI=1S/C13H17NO5S/c1-2-9-20(18,19)11-5-3-10(4-6-11)13(17)14-8-7-12(15)16/h3-6H,2,7-9H2,1H3,(H,14,17)(H,15,16). The summed E-state index contributed by atoms with van der Waals surface area (Å²) in [7, 11) is -3.29. The Balaban J connectivity index is 2.71. The lowest BCUT2D eigenvalue weighted by Crippen LogP contribution is -2.26. The summed E-state index contributed by atoms with van der Waals surface area (Å²) in [6, 6.07) is 5.60. The molecule has 1 aromatic rings. The molecule has 110 valence electrons. The number of aliphatic carboxylic acids is 1. The van der Waals surface area contributed by atoms with Gasteiger partial charge in [-0.25, -0.2) is 8.42 Å². The van der Waals surface area contributed by atoms with Crippen molar-refractivity contribution in [1.82, 2.24) is 5.32 Å². The summed E-state index contributed by atoms with van der Waals surface area (Å²) >= 11 is 0. The molecule has 1 aromatic carbocycles. The van der Waals surface area contributed by atoms with E-state index in [-0.39, 0.29) is 23.6 Å². The summed E-state index contributed by atoms with van der Waals surface area (Å²) in [5.74, 6) is -1.35. The topological polar surface area (TPSA) is 101 Å². The van der Waals surface area contributed by atoms with Crippen LogP contribution >= 0.6 is 0 Å². The van der Waals surface area contributed by atoms with Crippen molar-refractivity contribution in [3.63, 3.8) is 0 Å². The van der Waals surface area contributed by atoms with Gasteiger partial charge in [0.2, 0.25) is 0 Å². The van der Waals surface area contributed by atoms with E-state index in [4.69, 9.17) is 5.11 Å². The van der Waals surface area contributed by atoms with E-state index in [0.717, 1.165) is 0 Å². The van der Waals surface area contributed by atoms with E-state index in [1.54, 1.807) is 6.92 Å². The van der Waals surface area contributed by atoms with Gasteiger partial charge in [-0.15, -0.1) is 0 Å². The SMILES string of the molecule is CCCS(=O)(=O)c1ccc(C(=O)NCCC(=O)O)cc1. The van der Waals surface area contributed by atoms with Gasteiger partial charge in [0.05, 0.1) is 17.1 Å². The second-order valence-electron chi connectivity index (χ2n) is 4.24. The summed E-state index contributed by atoms with van der Waals surface area (Å²) in [4.78, 5) is 22.2. The predicted molar refractivity (Wildman–Crippen MR) is 73.4 cm³/mol. The summed E-state index contributed by atoms with van der Waals surface area (Å²) in [6.07, 6.45) is 0.370. The third-order valence-corrected chi connectivity index (χ3v) is 4.51. The first kappa shape index (κ1) is 16.2. The minimum Gasteiger partial charge on any atom is -0.481 e. The van der Waals surface area contributed by atoms with E-state index in [0.29, 0.717) is 12.0 Å². The normalized spacial score (nSPS) is 11.1. The number of carbonyl (C=O) groups excluding carboxylic acids is 1. The molecule has 0 aliphatic rings. The zero-order valence-corrected chi connectivity index (χ0v) is 11.9. The van der Waals surface area contributed by atoms with Crippen molar-refractivity contribution in [2.24, 2.45) is 0 Å². The third-order valence-electron chi connectivity index (χ3n) is 2.57. The molecule has 1 rings (SSSR count). The van der Waals surface area contributed by atoms with Crippen molar-refractivity contribution in [1.29, 1.82) is 0 Å². The van der Waals surface area contributed by atoms with Crippen LogP contribution in [0.25, 0.3) is 0 Å². The van der Waals surface area contributed by atoms with Gasteiger partial charge in [-0.3, -0.25) is 9.59 Å². The molecule has 0 aliphatic heterocycles. The number of hydrogen-bond acceptors (Lipinski definition) is 4. The number of carboxylic acids is 1. The quantitative estimate of drug-likeness (QED) is 0.784. The molecule has 0 spiro atoms. The maximum atomic E-state index is 11.8. The van der Waals surface area contributed by atoms with Gasteiger partial charge in [0.25, 0.3) is 5.91 Å². The molecule has 7 heteroatoms. The molecule has 0 aliphatic carbocycles. The van der Waals surface area contributed by atoms with Crippen LogP contribution < -0.4 is 5.32 Å². The van der Waals surface area contributed by atoms with Gasteiger partial charge in [-0.2, -0.15) is 0 Å². The van der Waals surface area contributed by atoms with Crippen LogP contribution in [0, 0.1) is 0 Å². The number of carbonyl (C=O) groups is 2. The summed E-state index contributed by atoms with van der Waals surface area (Å²) in [5, 5.41) is 10.9.